The largest absolute Gasteiger partial charge is 0.497 e. The number of hydrogen-bond acceptors (Lipinski definition) is 4. The van der Waals surface area contributed by atoms with Gasteiger partial charge in [-0.2, -0.15) is 0 Å². The molecular weight excluding hydrogens is 330 g/mol. The number of rotatable bonds is 5. The Morgan fingerprint density at radius 1 is 1.15 bits per heavy atom. The molecule has 0 saturated carbocycles. The number of ether oxygens (including phenoxy) is 1. The first-order valence-corrected chi connectivity index (χ1v) is 9.47. The Kier molecular flexibility index (Phi) is 5.81. The zero-order valence-corrected chi connectivity index (χ0v) is 15.8. The number of hydrogen-bond donors (Lipinski definition) is 2. The van der Waals surface area contributed by atoms with Gasteiger partial charge in [0.15, 0.2) is 0 Å². The second-order valence-electron chi connectivity index (χ2n) is 7.63. The van der Waals surface area contributed by atoms with Crippen molar-refractivity contribution < 1.29 is 14.3 Å². The quantitative estimate of drug-likeness (QED) is 0.841. The van der Waals surface area contributed by atoms with Gasteiger partial charge in [-0.25, -0.2) is 0 Å². The summed E-state index contributed by atoms with van der Waals surface area (Å²) in [6, 6.07) is 7.33. The fraction of sp³-hybridized carbons (Fsp3) is 0.600. The van der Waals surface area contributed by atoms with Crippen LogP contribution in [-0.4, -0.2) is 55.0 Å². The van der Waals surface area contributed by atoms with E-state index in [4.69, 9.17) is 4.74 Å². The lowest BCUT2D eigenvalue weighted by Gasteiger charge is -2.30. The van der Waals surface area contributed by atoms with Gasteiger partial charge in [0, 0.05) is 30.7 Å². The number of amides is 2. The minimum Gasteiger partial charge on any atom is -0.497 e. The van der Waals surface area contributed by atoms with Crippen molar-refractivity contribution in [2.75, 3.05) is 20.2 Å². The van der Waals surface area contributed by atoms with Crippen LogP contribution in [0.4, 0.5) is 0 Å². The third-order valence-electron chi connectivity index (χ3n) is 5.41. The Morgan fingerprint density at radius 3 is 2.50 bits per heavy atom. The van der Waals surface area contributed by atoms with Gasteiger partial charge in [0.25, 0.3) is 5.91 Å². The first-order chi connectivity index (χ1) is 12.5. The van der Waals surface area contributed by atoms with Gasteiger partial charge in [0.05, 0.1) is 7.11 Å². The van der Waals surface area contributed by atoms with Crippen LogP contribution in [-0.2, 0) is 4.79 Å². The van der Waals surface area contributed by atoms with E-state index in [1.54, 1.807) is 31.4 Å². The van der Waals surface area contributed by atoms with Crippen molar-refractivity contribution >= 4 is 11.8 Å². The van der Waals surface area contributed by atoms with Gasteiger partial charge in [0.2, 0.25) is 5.91 Å². The smallest absolute Gasteiger partial charge is 0.251 e. The minimum absolute atomic E-state index is 0.0243. The Labute approximate surface area is 155 Å². The summed E-state index contributed by atoms with van der Waals surface area (Å²) >= 11 is 0. The average Bonchev–Trinajstić information content (AvgIpc) is 2.97. The number of carbonyl (C=O) groups excluding carboxylic acids is 2. The van der Waals surface area contributed by atoms with E-state index in [2.05, 4.69) is 10.6 Å². The Hall–Kier alpha value is -2.08. The molecule has 2 aliphatic heterocycles. The highest BCUT2D eigenvalue weighted by molar-refractivity contribution is 5.97. The van der Waals surface area contributed by atoms with E-state index in [1.807, 2.05) is 18.7 Å². The van der Waals surface area contributed by atoms with Crippen molar-refractivity contribution in [1.29, 1.82) is 0 Å². The predicted molar refractivity (Wildman–Crippen MR) is 100 cm³/mol. The van der Waals surface area contributed by atoms with Gasteiger partial charge in [-0.3, -0.25) is 9.59 Å². The van der Waals surface area contributed by atoms with Crippen molar-refractivity contribution in [3.8, 4) is 5.75 Å². The number of nitrogens with one attached hydrogen (secondary N) is 2. The molecule has 2 fully saturated rings. The minimum atomic E-state index is -0.513. The third kappa shape index (κ3) is 4.18. The van der Waals surface area contributed by atoms with Gasteiger partial charge in [-0.05, 0) is 49.4 Å². The molecule has 0 aromatic heterocycles. The molecular formula is C20H29N3O3. The molecule has 3 rings (SSSR count). The third-order valence-corrected chi connectivity index (χ3v) is 5.41. The van der Waals surface area contributed by atoms with Crippen molar-refractivity contribution in [2.24, 2.45) is 5.92 Å². The summed E-state index contributed by atoms with van der Waals surface area (Å²) in [5.41, 5.74) is 0.529. The molecule has 6 heteroatoms. The first kappa shape index (κ1) is 18.7. The van der Waals surface area contributed by atoms with E-state index in [1.165, 1.54) is 6.42 Å². The Bertz CT molecular complexity index is 644. The molecule has 2 heterocycles. The normalized spacial score (nSPS) is 23.5. The lowest BCUT2D eigenvalue weighted by molar-refractivity contribution is -0.134. The fourth-order valence-electron chi connectivity index (χ4n) is 3.82. The van der Waals surface area contributed by atoms with Crippen LogP contribution in [0.2, 0.25) is 0 Å². The molecule has 2 aliphatic rings. The second-order valence-corrected chi connectivity index (χ2v) is 7.63. The van der Waals surface area contributed by atoms with E-state index in [0.717, 1.165) is 25.9 Å². The van der Waals surface area contributed by atoms with Crippen molar-refractivity contribution in [3.63, 3.8) is 0 Å². The number of likely N-dealkylation sites (tertiary alicyclic amines) is 1. The molecule has 3 unspecified atom stereocenters. The summed E-state index contributed by atoms with van der Waals surface area (Å²) in [6.07, 6.45) is 3.31. The Morgan fingerprint density at radius 2 is 1.85 bits per heavy atom. The zero-order chi connectivity index (χ0) is 18.7. The van der Waals surface area contributed by atoms with Crippen LogP contribution in [0.25, 0.3) is 0 Å². The number of methoxy groups -OCH3 is 1. The van der Waals surface area contributed by atoms with Crippen LogP contribution < -0.4 is 15.4 Å². The molecule has 2 saturated heterocycles. The van der Waals surface area contributed by atoms with Crippen LogP contribution in [0.1, 0.15) is 43.5 Å². The van der Waals surface area contributed by atoms with Gasteiger partial charge in [-0.15, -0.1) is 0 Å². The standard InChI is InChI=1S/C20H29N3O3/c1-13(2)18(22-19(24)14-4-8-17(26-3)9-5-14)20(25)23-11-10-15-6-7-16(12-23)21-15/h4-5,8-9,13,15-16,18,21H,6-7,10-12H2,1-3H3,(H,22,24). The van der Waals surface area contributed by atoms with E-state index in [-0.39, 0.29) is 17.7 Å². The van der Waals surface area contributed by atoms with Gasteiger partial charge in [-0.1, -0.05) is 13.8 Å². The number of benzene rings is 1. The summed E-state index contributed by atoms with van der Waals surface area (Å²) in [6.45, 7) is 5.43. The SMILES string of the molecule is COc1ccc(C(=O)NC(C(=O)N2CCC3CCC(C2)N3)C(C)C)cc1. The van der Waals surface area contributed by atoms with Crippen molar-refractivity contribution in [2.45, 2.75) is 51.2 Å². The molecule has 1 aromatic carbocycles. The van der Waals surface area contributed by atoms with Crippen LogP contribution in [0.15, 0.2) is 24.3 Å². The maximum Gasteiger partial charge on any atom is 0.251 e. The van der Waals surface area contributed by atoms with E-state index in [0.29, 0.717) is 23.4 Å². The summed E-state index contributed by atoms with van der Waals surface area (Å²) in [5, 5.41) is 6.53. The maximum atomic E-state index is 13.1. The molecule has 0 spiro atoms. The molecule has 3 atom stereocenters. The summed E-state index contributed by atoms with van der Waals surface area (Å²) in [7, 11) is 1.59. The molecule has 2 amide bonds. The summed E-state index contributed by atoms with van der Waals surface area (Å²) in [4.78, 5) is 27.6. The number of carbonyl (C=O) groups is 2. The highest BCUT2D eigenvalue weighted by atomic mass is 16.5. The zero-order valence-electron chi connectivity index (χ0n) is 15.8. The van der Waals surface area contributed by atoms with Crippen molar-refractivity contribution in [3.05, 3.63) is 29.8 Å². The monoisotopic (exact) mass is 359 g/mol. The maximum absolute atomic E-state index is 13.1. The van der Waals surface area contributed by atoms with E-state index >= 15 is 0 Å². The van der Waals surface area contributed by atoms with E-state index in [9.17, 15) is 9.59 Å². The van der Waals surface area contributed by atoms with Crippen LogP contribution in [0.5, 0.6) is 5.75 Å². The van der Waals surface area contributed by atoms with Crippen LogP contribution in [0, 0.1) is 5.92 Å². The summed E-state index contributed by atoms with van der Waals surface area (Å²) < 4.78 is 5.12. The topological polar surface area (TPSA) is 70.7 Å². The van der Waals surface area contributed by atoms with Crippen LogP contribution >= 0.6 is 0 Å². The lowest BCUT2D eigenvalue weighted by atomic mass is 10.0. The number of nitrogens with zero attached hydrogens (tertiary/aromatic N) is 1. The lowest BCUT2D eigenvalue weighted by Crippen LogP contribution is -2.53. The summed E-state index contributed by atoms with van der Waals surface area (Å²) in [5.74, 6) is 0.522. The highest BCUT2D eigenvalue weighted by Crippen LogP contribution is 2.21. The Balaban J connectivity index is 1.67. The van der Waals surface area contributed by atoms with Gasteiger partial charge in [0.1, 0.15) is 11.8 Å². The molecule has 6 nitrogen and oxygen atoms in total. The van der Waals surface area contributed by atoms with Gasteiger partial charge >= 0.3 is 0 Å². The molecule has 142 valence electrons. The molecule has 26 heavy (non-hydrogen) atoms. The van der Waals surface area contributed by atoms with Gasteiger partial charge < -0.3 is 20.3 Å². The van der Waals surface area contributed by atoms with Crippen molar-refractivity contribution in [1.82, 2.24) is 15.5 Å². The predicted octanol–water partition coefficient (Wildman–Crippen LogP) is 1.80. The molecule has 2 N–H and O–H groups in total. The second kappa shape index (κ2) is 8.08. The van der Waals surface area contributed by atoms with Crippen LogP contribution in [0.3, 0.4) is 0 Å². The number of fused-ring (bicyclic) bond motifs is 2. The molecule has 2 bridgehead atoms. The van der Waals surface area contributed by atoms with E-state index < -0.39 is 6.04 Å². The molecule has 1 aromatic rings. The molecule has 0 radical (unpaired) electrons. The fourth-order valence-corrected chi connectivity index (χ4v) is 3.82. The average molecular weight is 359 g/mol. The highest BCUT2D eigenvalue weighted by Gasteiger charge is 2.35. The first-order valence-electron chi connectivity index (χ1n) is 9.47. The molecule has 0 aliphatic carbocycles.